The Morgan fingerprint density at radius 3 is 2.61 bits per heavy atom. The van der Waals surface area contributed by atoms with Crippen LogP contribution in [-0.4, -0.2) is 23.9 Å². The Bertz CT molecular complexity index is 522. The molecule has 2 rings (SSSR count). The molecule has 18 heavy (non-hydrogen) atoms. The van der Waals surface area contributed by atoms with E-state index >= 15 is 0 Å². The van der Waals surface area contributed by atoms with Crippen molar-refractivity contribution in [2.75, 3.05) is 13.1 Å². The lowest BCUT2D eigenvalue weighted by Crippen LogP contribution is -3.00. The summed E-state index contributed by atoms with van der Waals surface area (Å²) in [6.07, 6.45) is 0. The zero-order valence-corrected chi connectivity index (χ0v) is 13.0. The average molecular weight is 329 g/mol. The van der Waals surface area contributed by atoms with Gasteiger partial charge in [-0.05, 0) is 19.9 Å². The van der Waals surface area contributed by atoms with Gasteiger partial charge in [-0.15, -0.1) is 0 Å². The minimum Gasteiger partial charge on any atom is -1.00 e. The summed E-state index contributed by atoms with van der Waals surface area (Å²) in [6, 6.07) is 8.17. The number of carbonyl (C=O) groups is 1. The number of thiazole rings is 1. The highest BCUT2D eigenvalue weighted by atomic mass is 79.9. The summed E-state index contributed by atoms with van der Waals surface area (Å²) in [7, 11) is 0. The average Bonchev–Trinajstić information content (AvgIpc) is 2.74. The largest absolute Gasteiger partial charge is 1.00 e. The van der Waals surface area contributed by atoms with Crippen LogP contribution < -0.4 is 21.5 Å². The van der Waals surface area contributed by atoms with E-state index in [0.29, 0.717) is 6.54 Å². The van der Waals surface area contributed by atoms with Crippen molar-refractivity contribution >= 4 is 27.5 Å². The zero-order valence-electron chi connectivity index (χ0n) is 10.6. The molecule has 5 heteroatoms. The summed E-state index contributed by atoms with van der Waals surface area (Å²) >= 11 is 1.68. The lowest BCUT2D eigenvalue weighted by atomic mass is 10.3. The van der Waals surface area contributed by atoms with E-state index in [0.717, 1.165) is 18.6 Å². The van der Waals surface area contributed by atoms with Crippen LogP contribution in [0.5, 0.6) is 0 Å². The monoisotopic (exact) mass is 328 g/mol. The highest BCUT2D eigenvalue weighted by molar-refractivity contribution is 7.16. The molecule has 1 aromatic heterocycles. The van der Waals surface area contributed by atoms with Gasteiger partial charge in [-0.1, -0.05) is 23.5 Å². The van der Waals surface area contributed by atoms with Crippen LogP contribution >= 0.6 is 11.3 Å². The highest BCUT2D eigenvalue weighted by Crippen LogP contribution is 2.14. The fourth-order valence-electron chi connectivity index (χ4n) is 1.92. The Kier molecular flexibility index (Phi) is 5.75. The molecule has 0 aliphatic carbocycles. The maximum atomic E-state index is 12.0. The van der Waals surface area contributed by atoms with Gasteiger partial charge in [-0.25, -0.2) is 0 Å². The standard InChI is InChI=1S/C13H17N2OS.BrH/c1-3-14(4-2)13(16)9-15-10-17-12-8-6-5-7-11(12)15;/h5-8,10H,3-4,9H2,1-2H3;1H/q+1;/p-1. The van der Waals surface area contributed by atoms with E-state index < -0.39 is 0 Å². The van der Waals surface area contributed by atoms with E-state index in [-0.39, 0.29) is 22.9 Å². The van der Waals surface area contributed by atoms with Crippen LogP contribution in [0, 0.1) is 0 Å². The van der Waals surface area contributed by atoms with Gasteiger partial charge in [0.25, 0.3) is 5.91 Å². The molecule has 0 N–H and O–H groups in total. The van der Waals surface area contributed by atoms with Crippen LogP contribution in [0.15, 0.2) is 29.8 Å². The molecule has 0 bridgehead atoms. The quantitative estimate of drug-likeness (QED) is 0.665. The van der Waals surface area contributed by atoms with Crippen molar-refractivity contribution in [2.24, 2.45) is 0 Å². The fourth-order valence-corrected chi connectivity index (χ4v) is 2.81. The van der Waals surface area contributed by atoms with Gasteiger partial charge >= 0.3 is 0 Å². The molecule has 98 valence electrons. The molecule has 0 aliphatic rings. The second kappa shape index (κ2) is 6.85. The van der Waals surface area contributed by atoms with E-state index in [1.165, 1.54) is 4.70 Å². The molecule has 0 saturated carbocycles. The Hall–Kier alpha value is -0.940. The van der Waals surface area contributed by atoms with Gasteiger partial charge in [0, 0.05) is 19.2 Å². The van der Waals surface area contributed by atoms with Gasteiger partial charge in [0.05, 0.1) is 0 Å². The molecule has 1 heterocycles. The number of amides is 1. The lowest BCUT2D eigenvalue weighted by Gasteiger charge is -2.16. The summed E-state index contributed by atoms with van der Waals surface area (Å²) in [6.45, 7) is 6.01. The topological polar surface area (TPSA) is 24.2 Å². The van der Waals surface area contributed by atoms with Crippen molar-refractivity contribution < 1.29 is 26.3 Å². The predicted molar refractivity (Wildman–Crippen MR) is 69.9 cm³/mol. The van der Waals surface area contributed by atoms with Crippen molar-refractivity contribution in [3.63, 3.8) is 0 Å². The molecule has 1 amide bonds. The minimum absolute atomic E-state index is 0. The number of benzene rings is 1. The molecular weight excluding hydrogens is 312 g/mol. The van der Waals surface area contributed by atoms with Crippen molar-refractivity contribution in [1.82, 2.24) is 4.90 Å². The number of rotatable bonds is 4. The van der Waals surface area contributed by atoms with Gasteiger partial charge in [0.1, 0.15) is 4.70 Å². The van der Waals surface area contributed by atoms with Crippen LogP contribution in [0.2, 0.25) is 0 Å². The van der Waals surface area contributed by atoms with E-state index in [1.54, 1.807) is 11.3 Å². The summed E-state index contributed by atoms with van der Waals surface area (Å²) < 4.78 is 3.25. The number of carbonyl (C=O) groups excluding carboxylic acids is 1. The Balaban J connectivity index is 0.00000162. The molecule has 0 atom stereocenters. The first-order valence-corrected chi connectivity index (χ1v) is 6.77. The molecule has 0 unspecified atom stereocenters. The fraction of sp³-hybridized carbons (Fsp3) is 0.385. The molecule has 2 aromatic rings. The van der Waals surface area contributed by atoms with E-state index in [2.05, 4.69) is 12.1 Å². The van der Waals surface area contributed by atoms with E-state index in [9.17, 15) is 4.79 Å². The number of hydrogen-bond donors (Lipinski definition) is 0. The Morgan fingerprint density at radius 2 is 1.94 bits per heavy atom. The van der Waals surface area contributed by atoms with Crippen molar-refractivity contribution in [1.29, 1.82) is 0 Å². The van der Waals surface area contributed by atoms with Crippen molar-refractivity contribution in [3.8, 4) is 0 Å². The normalized spacial score (nSPS) is 10.1. The summed E-state index contributed by atoms with van der Waals surface area (Å²) in [5.74, 6) is 0.184. The van der Waals surface area contributed by atoms with Crippen molar-refractivity contribution in [3.05, 3.63) is 29.8 Å². The third kappa shape index (κ3) is 3.09. The summed E-state index contributed by atoms with van der Waals surface area (Å²) in [4.78, 5) is 13.9. The number of nitrogens with zero attached hydrogens (tertiary/aromatic N) is 2. The van der Waals surface area contributed by atoms with Crippen LogP contribution in [0.3, 0.4) is 0 Å². The first-order chi connectivity index (χ1) is 8.26. The van der Waals surface area contributed by atoms with Gasteiger partial charge in [-0.2, -0.15) is 4.57 Å². The molecule has 1 aromatic carbocycles. The molecule has 0 saturated heterocycles. The number of halogens is 1. The molecule has 3 nitrogen and oxygen atoms in total. The van der Waals surface area contributed by atoms with Gasteiger partial charge in [-0.3, -0.25) is 4.79 Å². The first-order valence-electron chi connectivity index (χ1n) is 5.89. The SMILES string of the molecule is CCN(CC)C(=O)C[n+]1csc2ccccc21.[Br-]. The smallest absolute Gasteiger partial charge is 0.288 e. The van der Waals surface area contributed by atoms with Crippen LogP contribution in [0.1, 0.15) is 13.8 Å². The molecule has 0 radical (unpaired) electrons. The number of likely N-dealkylation sites (N-methyl/N-ethyl adjacent to an activating group) is 1. The summed E-state index contributed by atoms with van der Waals surface area (Å²) in [5, 5.41) is 0. The maximum absolute atomic E-state index is 12.0. The van der Waals surface area contributed by atoms with Crippen LogP contribution in [0.4, 0.5) is 0 Å². The van der Waals surface area contributed by atoms with Crippen molar-refractivity contribution in [2.45, 2.75) is 20.4 Å². The van der Waals surface area contributed by atoms with Gasteiger partial charge < -0.3 is 21.9 Å². The van der Waals surface area contributed by atoms with Crippen LogP contribution in [0.25, 0.3) is 10.2 Å². The zero-order chi connectivity index (χ0) is 12.3. The molecular formula is C13H17BrN2OS. The molecule has 0 spiro atoms. The Labute approximate surface area is 122 Å². The first kappa shape index (κ1) is 15.1. The minimum atomic E-state index is 0. The number of para-hydroxylation sites is 1. The maximum Gasteiger partial charge on any atom is 0.288 e. The second-order valence-electron chi connectivity index (χ2n) is 3.88. The number of fused-ring (bicyclic) bond motifs is 1. The third-order valence-corrected chi connectivity index (χ3v) is 3.86. The van der Waals surface area contributed by atoms with Gasteiger partial charge in [0.2, 0.25) is 17.6 Å². The molecule has 0 aliphatic heterocycles. The van der Waals surface area contributed by atoms with Crippen LogP contribution in [-0.2, 0) is 11.3 Å². The summed E-state index contributed by atoms with van der Waals surface area (Å²) in [5.41, 5.74) is 3.16. The second-order valence-corrected chi connectivity index (χ2v) is 4.77. The third-order valence-electron chi connectivity index (χ3n) is 2.90. The molecule has 0 fully saturated rings. The number of hydrogen-bond acceptors (Lipinski definition) is 2. The van der Waals surface area contributed by atoms with E-state index in [1.807, 2.05) is 41.0 Å². The predicted octanol–water partition coefficient (Wildman–Crippen LogP) is -0.939. The number of aromatic nitrogens is 1. The lowest BCUT2D eigenvalue weighted by molar-refractivity contribution is -0.654. The van der Waals surface area contributed by atoms with Gasteiger partial charge in [0.15, 0.2) is 0 Å². The van der Waals surface area contributed by atoms with E-state index in [4.69, 9.17) is 0 Å². The Morgan fingerprint density at radius 1 is 1.28 bits per heavy atom. The highest BCUT2D eigenvalue weighted by Gasteiger charge is 2.18.